The molecule has 17 heavy (non-hydrogen) atoms. The molecule has 1 aliphatic carbocycles. The van der Waals surface area contributed by atoms with Crippen LogP contribution in [0.4, 0.5) is 0 Å². The smallest absolute Gasteiger partial charge is 0.115 e. The van der Waals surface area contributed by atoms with Crippen molar-refractivity contribution in [3.63, 3.8) is 0 Å². The average molecular weight is 233 g/mol. The molecule has 2 atom stereocenters. The Kier molecular flexibility index (Phi) is 3.77. The van der Waals surface area contributed by atoms with Gasteiger partial charge in [0.05, 0.1) is 0 Å². The minimum absolute atomic E-state index is 0.449. The van der Waals surface area contributed by atoms with Crippen molar-refractivity contribution >= 4 is 0 Å². The summed E-state index contributed by atoms with van der Waals surface area (Å²) in [5.41, 5.74) is 1.76. The van der Waals surface area contributed by atoms with E-state index in [9.17, 15) is 0 Å². The molecule has 1 N–H and O–H groups in total. The predicted octanol–water partition coefficient (Wildman–Crippen LogP) is 2.61. The number of nitrogens with one attached hydrogen (secondary N) is 1. The van der Waals surface area contributed by atoms with Gasteiger partial charge in [0, 0.05) is 12.4 Å². The molecule has 0 saturated heterocycles. The van der Waals surface area contributed by atoms with E-state index in [2.05, 4.69) is 29.1 Å². The maximum absolute atomic E-state index is 4.17. The molecule has 2 rings (SSSR count). The zero-order valence-electron chi connectivity index (χ0n) is 11.1. The summed E-state index contributed by atoms with van der Waals surface area (Å²) in [6.07, 6.45) is 9.46. The minimum atomic E-state index is 0.449. The second-order valence-corrected chi connectivity index (χ2v) is 6.00. The van der Waals surface area contributed by atoms with Crippen molar-refractivity contribution in [1.29, 1.82) is 0 Å². The van der Waals surface area contributed by atoms with Gasteiger partial charge in [-0.25, -0.2) is 9.97 Å². The summed E-state index contributed by atoms with van der Waals surface area (Å²) in [6, 6.07) is 0. The van der Waals surface area contributed by atoms with Crippen LogP contribution in [0.2, 0.25) is 0 Å². The van der Waals surface area contributed by atoms with E-state index >= 15 is 0 Å². The van der Waals surface area contributed by atoms with Gasteiger partial charge in [0.2, 0.25) is 0 Å². The normalized spacial score (nSPS) is 27.9. The number of nitrogens with zero attached hydrogens (tertiary/aromatic N) is 2. The summed E-state index contributed by atoms with van der Waals surface area (Å²) < 4.78 is 0. The first-order chi connectivity index (χ1) is 8.12. The minimum Gasteiger partial charge on any atom is -0.319 e. The van der Waals surface area contributed by atoms with Crippen molar-refractivity contribution in [1.82, 2.24) is 15.3 Å². The Labute approximate surface area is 104 Å². The molecule has 1 aromatic rings. The standard InChI is InChI=1S/C14H23N3/c1-14(2)5-4-11(7-15-3)13(6-14)12-8-16-10-17-9-12/h8-11,13,15H,4-7H2,1-3H3. The molecule has 0 aliphatic heterocycles. The van der Waals surface area contributed by atoms with Gasteiger partial charge in [0.25, 0.3) is 0 Å². The number of aromatic nitrogens is 2. The van der Waals surface area contributed by atoms with Gasteiger partial charge in [-0.2, -0.15) is 0 Å². The second kappa shape index (κ2) is 5.13. The Morgan fingerprint density at radius 2 is 2.06 bits per heavy atom. The highest BCUT2D eigenvalue weighted by atomic mass is 14.8. The van der Waals surface area contributed by atoms with E-state index in [-0.39, 0.29) is 0 Å². The van der Waals surface area contributed by atoms with Gasteiger partial charge in [-0.3, -0.25) is 0 Å². The molecular weight excluding hydrogens is 210 g/mol. The van der Waals surface area contributed by atoms with Crippen molar-refractivity contribution in [2.75, 3.05) is 13.6 Å². The van der Waals surface area contributed by atoms with Crippen LogP contribution in [0.25, 0.3) is 0 Å². The van der Waals surface area contributed by atoms with Gasteiger partial charge in [-0.1, -0.05) is 13.8 Å². The first-order valence-electron chi connectivity index (χ1n) is 6.52. The lowest BCUT2D eigenvalue weighted by Crippen LogP contribution is -2.33. The third kappa shape index (κ3) is 3.03. The van der Waals surface area contributed by atoms with Crippen molar-refractivity contribution in [2.24, 2.45) is 11.3 Å². The van der Waals surface area contributed by atoms with Gasteiger partial charge in [-0.15, -0.1) is 0 Å². The summed E-state index contributed by atoms with van der Waals surface area (Å²) >= 11 is 0. The van der Waals surface area contributed by atoms with Gasteiger partial charge < -0.3 is 5.32 Å². The van der Waals surface area contributed by atoms with Crippen LogP contribution in [-0.4, -0.2) is 23.6 Å². The lowest BCUT2D eigenvalue weighted by atomic mass is 9.65. The van der Waals surface area contributed by atoms with Crippen LogP contribution in [0.3, 0.4) is 0 Å². The molecule has 0 amide bonds. The highest BCUT2D eigenvalue weighted by Gasteiger charge is 2.35. The Morgan fingerprint density at radius 3 is 2.71 bits per heavy atom. The molecule has 3 heteroatoms. The fourth-order valence-electron chi connectivity index (χ4n) is 3.04. The lowest BCUT2D eigenvalue weighted by molar-refractivity contribution is 0.161. The van der Waals surface area contributed by atoms with E-state index < -0.39 is 0 Å². The molecule has 1 aliphatic rings. The molecule has 94 valence electrons. The molecule has 0 radical (unpaired) electrons. The van der Waals surface area contributed by atoms with E-state index in [1.165, 1.54) is 24.8 Å². The van der Waals surface area contributed by atoms with Crippen molar-refractivity contribution in [2.45, 2.75) is 39.0 Å². The maximum Gasteiger partial charge on any atom is 0.115 e. The molecule has 1 saturated carbocycles. The van der Waals surface area contributed by atoms with Crippen LogP contribution < -0.4 is 5.32 Å². The molecule has 3 nitrogen and oxygen atoms in total. The van der Waals surface area contributed by atoms with Crippen LogP contribution in [0.5, 0.6) is 0 Å². The molecular formula is C14H23N3. The van der Waals surface area contributed by atoms with Gasteiger partial charge in [0.1, 0.15) is 6.33 Å². The number of hydrogen-bond donors (Lipinski definition) is 1. The zero-order valence-corrected chi connectivity index (χ0v) is 11.1. The van der Waals surface area contributed by atoms with Crippen molar-refractivity contribution in [3.8, 4) is 0 Å². The lowest BCUT2D eigenvalue weighted by Gasteiger charge is -2.40. The van der Waals surface area contributed by atoms with Gasteiger partial charge >= 0.3 is 0 Å². The summed E-state index contributed by atoms with van der Waals surface area (Å²) in [7, 11) is 2.04. The van der Waals surface area contributed by atoms with Gasteiger partial charge in [0.15, 0.2) is 0 Å². The van der Waals surface area contributed by atoms with E-state index in [1.807, 2.05) is 19.4 Å². The van der Waals surface area contributed by atoms with Crippen LogP contribution in [0.15, 0.2) is 18.7 Å². The SMILES string of the molecule is CNCC1CCC(C)(C)CC1c1cncnc1. The van der Waals surface area contributed by atoms with E-state index in [1.54, 1.807) is 6.33 Å². The third-order valence-electron chi connectivity index (χ3n) is 4.01. The van der Waals surface area contributed by atoms with Crippen LogP contribution in [0.1, 0.15) is 44.6 Å². The summed E-state index contributed by atoms with van der Waals surface area (Å²) in [6.45, 7) is 5.84. The fraction of sp³-hybridized carbons (Fsp3) is 0.714. The Hall–Kier alpha value is -0.960. The molecule has 2 unspecified atom stereocenters. The summed E-state index contributed by atoms with van der Waals surface area (Å²) in [5.74, 6) is 1.33. The molecule has 1 fully saturated rings. The Bertz CT molecular complexity index is 348. The van der Waals surface area contributed by atoms with Crippen molar-refractivity contribution < 1.29 is 0 Å². The number of hydrogen-bond acceptors (Lipinski definition) is 3. The predicted molar refractivity (Wildman–Crippen MR) is 69.8 cm³/mol. The molecule has 0 spiro atoms. The average Bonchev–Trinajstić information content (AvgIpc) is 2.32. The third-order valence-corrected chi connectivity index (χ3v) is 4.01. The van der Waals surface area contributed by atoms with Crippen LogP contribution >= 0.6 is 0 Å². The zero-order chi connectivity index (χ0) is 12.3. The quantitative estimate of drug-likeness (QED) is 0.872. The first-order valence-corrected chi connectivity index (χ1v) is 6.52. The topological polar surface area (TPSA) is 37.8 Å². The largest absolute Gasteiger partial charge is 0.319 e. The molecule has 1 heterocycles. The Morgan fingerprint density at radius 1 is 1.35 bits per heavy atom. The van der Waals surface area contributed by atoms with E-state index in [4.69, 9.17) is 0 Å². The van der Waals surface area contributed by atoms with E-state index in [0.717, 1.165) is 12.5 Å². The number of rotatable bonds is 3. The molecule has 0 aromatic carbocycles. The molecule has 0 bridgehead atoms. The summed E-state index contributed by atoms with van der Waals surface area (Å²) in [4.78, 5) is 8.34. The Balaban J connectivity index is 2.19. The first kappa shape index (κ1) is 12.5. The highest BCUT2D eigenvalue weighted by molar-refractivity contribution is 5.14. The monoisotopic (exact) mass is 233 g/mol. The van der Waals surface area contributed by atoms with Crippen molar-refractivity contribution in [3.05, 3.63) is 24.3 Å². The van der Waals surface area contributed by atoms with E-state index in [0.29, 0.717) is 11.3 Å². The fourth-order valence-corrected chi connectivity index (χ4v) is 3.04. The molecule has 1 aromatic heterocycles. The second-order valence-electron chi connectivity index (χ2n) is 6.00. The summed E-state index contributed by atoms with van der Waals surface area (Å²) in [5, 5.41) is 3.32. The van der Waals surface area contributed by atoms with Crippen LogP contribution in [0, 0.1) is 11.3 Å². The highest BCUT2D eigenvalue weighted by Crippen LogP contribution is 2.46. The van der Waals surface area contributed by atoms with Gasteiger partial charge in [-0.05, 0) is 55.7 Å². The van der Waals surface area contributed by atoms with Crippen LogP contribution in [-0.2, 0) is 0 Å². The maximum atomic E-state index is 4.17.